The summed E-state index contributed by atoms with van der Waals surface area (Å²) in [7, 11) is 1.15. The molecule has 1 aliphatic rings. The number of aromatic nitrogens is 1. The van der Waals surface area contributed by atoms with Crippen molar-refractivity contribution in [1.82, 2.24) is 9.88 Å². The second-order valence-electron chi connectivity index (χ2n) is 6.00. The zero-order valence-corrected chi connectivity index (χ0v) is 15.1. The molecule has 146 valence electrons. The first-order valence-corrected chi connectivity index (χ1v) is 8.85. The number of thiophene rings is 1. The molecule has 1 saturated heterocycles. The molecule has 0 bridgehead atoms. The SMILES string of the molecule is COC(=O)c1csc2c(C(F)(F)F)cc(N3CCN(CC(=O)O)CC3)nc12. The molecule has 2 aromatic rings. The number of halogens is 3. The average molecular weight is 403 g/mol. The van der Waals surface area contributed by atoms with Crippen LogP contribution in [0.1, 0.15) is 15.9 Å². The standard InChI is InChI=1S/C16H16F3N3O4S/c1-26-15(25)9-8-27-14-10(16(17,18)19)6-11(20-13(9)14)22-4-2-21(3-5-22)7-12(23)24/h6,8H,2-5,7H2,1H3,(H,23,24). The number of pyridine rings is 1. The molecule has 7 nitrogen and oxygen atoms in total. The summed E-state index contributed by atoms with van der Waals surface area (Å²) in [6.07, 6.45) is -4.60. The smallest absolute Gasteiger partial charge is 0.417 e. The third-order valence-electron chi connectivity index (χ3n) is 4.28. The minimum absolute atomic E-state index is 0.00522. The van der Waals surface area contributed by atoms with Gasteiger partial charge in [-0.05, 0) is 6.07 Å². The van der Waals surface area contributed by atoms with Crippen molar-refractivity contribution in [3.63, 3.8) is 0 Å². The predicted octanol–water partition coefficient (Wildman–Crippen LogP) is 2.31. The summed E-state index contributed by atoms with van der Waals surface area (Å²) < 4.78 is 45.1. The number of rotatable bonds is 4. The molecular formula is C16H16F3N3O4S. The topological polar surface area (TPSA) is 83.0 Å². The van der Waals surface area contributed by atoms with Crippen LogP contribution in [-0.2, 0) is 15.7 Å². The minimum Gasteiger partial charge on any atom is -0.480 e. The van der Waals surface area contributed by atoms with Crippen LogP contribution >= 0.6 is 11.3 Å². The van der Waals surface area contributed by atoms with Crippen molar-refractivity contribution >= 4 is 39.3 Å². The molecule has 0 saturated carbocycles. The summed E-state index contributed by atoms with van der Waals surface area (Å²) in [5, 5.41) is 10.2. The van der Waals surface area contributed by atoms with Crippen molar-refractivity contribution in [1.29, 1.82) is 0 Å². The molecule has 0 aromatic carbocycles. The molecule has 0 aliphatic carbocycles. The van der Waals surface area contributed by atoms with Gasteiger partial charge in [0.15, 0.2) is 0 Å². The molecule has 1 N–H and O–H groups in total. The van der Waals surface area contributed by atoms with Crippen molar-refractivity contribution in [3.8, 4) is 0 Å². The molecule has 27 heavy (non-hydrogen) atoms. The highest BCUT2D eigenvalue weighted by Gasteiger charge is 2.36. The highest BCUT2D eigenvalue weighted by atomic mass is 32.1. The average Bonchev–Trinajstić information content (AvgIpc) is 3.03. The molecule has 0 unspecified atom stereocenters. The summed E-state index contributed by atoms with van der Waals surface area (Å²) in [6.45, 7) is 1.33. The van der Waals surface area contributed by atoms with Crippen LogP contribution in [0.4, 0.5) is 19.0 Å². The van der Waals surface area contributed by atoms with Crippen LogP contribution in [0, 0.1) is 0 Å². The number of piperazine rings is 1. The van der Waals surface area contributed by atoms with Gasteiger partial charge in [0.25, 0.3) is 0 Å². The Morgan fingerprint density at radius 2 is 1.96 bits per heavy atom. The zero-order chi connectivity index (χ0) is 19.8. The zero-order valence-electron chi connectivity index (χ0n) is 14.2. The molecule has 0 radical (unpaired) electrons. The Kier molecular flexibility index (Phi) is 5.24. The number of ether oxygens (including phenoxy) is 1. The highest BCUT2D eigenvalue weighted by molar-refractivity contribution is 7.17. The monoisotopic (exact) mass is 403 g/mol. The number of carboxylic acids is 1. The second-order valence-corrected chi connectivity index (χ2v) is 6.88. The molecule has 11 heteroatoms. The molecule has 1 aliphatic heterocycles. The third-order valence-corrected chi connectivity index (χ3v) is 5.28. The van der Waals surface area contributed by atoms with Crippen molar-refractivity contribution in [2.75, 3.05) is 44.7 Å². The lowest BCUT2D eigenvalue weighted by molar-refractivity contribution is -0.138. The van der Waals surface area contributed by atoms with Gasteiger partial charge in [-0.25, -0.2) is 9.78 Å². The van der Waals surface area contributed by atoms with E-state index in [-0.39, 0.29) is 28.1 Å². The van der Waals surface area contributed by atoms with E-state index >= 15 is 0 Å². The van der Waals surface area contributed by atoms with Crippen LogP contribution in [-0.4, -0.2) is 66.8 Å². The van der Waals surface area contributed by atoms with E-state index in [1.807, 2.05) is 0 Å². The van der Waals surface area contributed by atoms with E-state index < -0.39 is 23.7 Å². The van der Waals surface area contributed by atoms with E-state index in [0.717, 1.165) is 24.5 Å². The van der Waals surface area contributed by atoms with Crippen LogP contribution < -0.4 is 4.90 Å². The number of anilines is 1. The predicted molar refractivity (Wildman–Crippen MR) is 92.3 cm³/mol. The maximum Gasteiger partial charge on any atom is 0.417 e. The van der Waals surface area contributed by atoms with E-state index in [2.05, 4.69) is 9.72 Å². The first-order valence-electron chi connectivity index (χ1n) is 7.97. The number of aliphatic carboxylic acids is 1. The molecule has 0 amide bonds. The fourth-order valence-corrected chi connectivity index (χ4v) is 3.96. The highest BCUT2D eigenvalue weighted by Crippen LogP contribution is 2.40. The summed E-state index contributed by atoms with van der Waals surface area (Å²) in [6, 6.07) is 0.979. The van der Waals surface area contributed by atoms with Gasteiger partial charge in [-0.3, -0.25) is 9.69 Å². The van der Waals surface area contributed by atoms with E-state index in [1.165, 1.54) is 5.38 Å². The van der Waals surface area contributed by atoms with E-state index in [1.54, 1.807) is 9.80 Å². The largest absolute Gasteiger partial charge is 0.480 e. The number of methoxy groups -OCH3 is 1. The number of alkyl halides is 3. The van der Waals surface area contributed by atoms with Gasteiger partial charge in [-0.1, -0.05) is 0 Å². The second kappa shape index (κ2) is 7.31. The Morgan fingerprint density at radius 1 is 1.30 bits per heavy atom. The minimum atomic E-state index is -4.60. The van der Waals surface area contributed by atoms with Crippen molar-refractivity contribution in [2.24, 2.45) is 0 Å². The third kappa shape index (κ3) is 3.98. The lowest BCUT2D eigenvalue weighted by Gasteiger charge is -2.34. The van der Waals surface area contributed by atoms with Gasteiger partial charge in [-0.15, -0.1) is 11.3 Å². The Hall–Kier alpha value is -2.40. The number of carbonyl (C=O) groups is 2. The molecule has 3 heterocycles. The lowest BCUT2D eigenvalue weighted by Crippen LogP contribution is -2.48. The fraction of sp³-hybridized carbons (Fsp3) is 0.438. The molecule has 0 spiro atoms. The van der Waals surface area contributed by atoms with Gasteiger partial charge in [0, 0.05) is 31.6 Å². The van der Waals surface area contributed by atoms with E-state index in [0.29, 0.717) is 26.2 Å². The van der Waals surface area contributed by atoms with Crippen LogP contribution in [0.3, 0.4) is 0 Å². The first kappa shape index (κ1) is 19.4. The van der Waals surface area contributed by atoms with Gasteiger partial charge in [-0.2, -0.15) is 13.2 Å². The van der Waals surface area contributed by atoms with Crippen LogP contribution in [0.15, 0.2) is 11.4 Å². The van der Waals surface area contributed by atoms with Gasteiger partial charge < -0.3 is 14.7 Å². The summed E-state index contributed by atoms with van der Waals surface area (Å²) >= 11 is 0.798. The number of fused-ring (bicyclic) bond motifs is 1. The van der Waals surface area contributed by atoms with Crippen LogP contribution in [0.25, 0.3) is 10.2 Å². The van der Waals surface area contributed by atoms with Crippen molar-refractivity contribution in [3.05, 3.63) is 22.6 Å². The first-order chi connectivity index (χ1) is 12.7. The van der Waals surface area contributed by atoms with Gasteiger partial charge >= 0.3 is 18.1 Å². The maximum absolute atomic E-state index is 13.5. The van der Waals surface area contributed by atoms with Crippen molar-refractivity contribution in [2.45, 2.75) is 6.18 Å². The summed E-state index contributed by atoms with van der Waals surface area (Å²) in [5.41, 5.74) is -0.894. The van der Waals surface area contributed by atoms with Gasteiger partial charge in [0.2, 0.25) is 0 Å². The molecule has 3 rings (SSSR count). The number of carbonyl (C=O) groups excluding carboxylic acids is 1. The number of hydrogen-bond acceptors (Lipinski definition) is 7. The fourth-order valence-electron chi connectivity index (χ4n) is 2.95. The van der Waals surface area contributed by atoms with E-state index in [9.17, 15) is 22.8 Å². The van der Waals surface area contributed by atoms with Crippen LogP contribution in [0.2, 0.25) is 0 Å². The van der Waals surface area contributed by atoms with Crippen LogP contribution in [0.5, 0.6) is 0 Å². The number of nitrogens with zero attached hydrogens (tertiary/aromatic N) is 3. The van der Waals surface area contributed by atoms with Gasteiger partial charge in [0.1, 0.15) is 5.82 Å². The Labute approximate surface area is 155 Å². The number of esters is 1. The Morgan fingerprint density at radius 3 is 2.52 bits per heavy atom. The van der Waals surface area contributed by atoms with Gasteiger partial charge in [0.05, 0.1) is 35.0 Å². The summed E-state index contributed by atoms with van der Waals surface area (Å²) in [5.74, 6) is -1.60. The maximum atomic E-state index is 13.5. The molecule has 1 fully saturated rings. The lowest BCUT2D eigenvalue weighted by atomic mass is 10.1. The van der Waals surface area contributed by atoms with E-state index in [4.69, 9.17) is 5.11 Å². The Balaban J connectivity index is 1.98. The molecule has 2 aromatic heterocycles. The normalized spacial score (nSPS) is 15.9. The molecule has 0 atom stereocenters. The Bertz CT molecular complexity index is 876. The quantitative estimate of drug-likeness (QED) is 0.785. The number of carboxylic acid groups (broad SMARTS) is 1. The van der Waals surface area contributed by atoms with Crippen molar-refractivity contribution < 1.29 is 32.6 Å². The summed E-state index contributed by atoms with van der Waals surface area (Å²) in [4.78, 5) is 30.3. The molecular weight excluding hydrogens is 387 g/mol. The number of hydrogen-bond donors (Lipinski definition) is 1.